The molecule has 4 nitrogen and oxygen atoms in total. The van der Waals surface area contributed by atoms with Crippen molar-refractivity contribution in [3.8, 4) is 0 Å². The number of aromatic nitrogens is 2. The second kappa shape index (κ2) is 4.70. The third-order valence-corrected chi connectivity index (χ3v) is 4.74. The van der Waals surface area contributed by atoms with E-state index >= 15 is 0 Å². The molecule has 0 fully saturated rings. The molecule has 0 radical (unpaired) electrons. The monoisotopic (exact) mass is 297 g/mol. The van der Waals surface area contributed by atoms with E-state index in [9.17, 15) is 4.79 Å². The summed E-state index contributed by atoms with van der Waals surface area (Å²) in [5, 5.41) is 2.04. The van der Waals surface area contributed by atoms with E-state index in [1.165, 1.54) is 11.3 Å². The Kier molecular flexibility index (Phi) is 2.82. The lowest BCUT2D eigenvalue weighted by Gasteiger charge is -2.18. The molecule has 1 aliphatic rings. The van der Waals surface area contributed by atoms with Gasteiger partial charge in [0.1, 0.15) is 0 Å². The van der Waals surface area contributed by atoms with Gasteiger partial charge in [-0.25, -0.2) is 4.98 Å². The van der Waals surface area contributed by atoms with Gasteiger partial charge in [0.25, 0.3) is 0 Å². The largest absolute Gasteiger partial charge is 0.365 e. The number of Topliss-reactive ketones (excluding diaryl/α,β-unsaturated/α-hetero) is 1. The summed E-state index contributed by atoms with van der Waals surface area (Å²) in [6, 6.07) is 6.02. The summed E-state index contributed by atoms with van der Waals surface area (Å²) < 4.78 is 2.07. The third-order valence-electron chi connectivity index (χ3n) is 3.97. The van der Waals surface area contributed by atoms with E-state index in [0.717, 1.165) is 35.7 Å². The molecule has 0 saturated heterocycles. The topological polar surface area (TPSA) is 37.6 Å². The number of imidazole rings is 1. The average molecular weight is 297 g/mol. The van der Waals surface area contributed by atoms with Gasteiger partial charge in [0.2, 0.25) is 0 Å². The van der Waals surface area contributed by atoms with Crippen molar-refractivity contribution < 1.29 is 4.79 Å². The van der Waals surface area contributed by atoms with Crippen molar-refractivity contribution in [3.63, 3.8) is 0 Å². The highest BCUT2D eigenvalue weighted by Crippen LogP contribution is 2.30. The van der Waals surface area contributed by atoms with E-state index in [-0.39, 0.29) is 5.78 Å². The lowest BCUT2D eigenvalue weighted by Crippen LogP contribution is -2.19. The SMILES string of the molecule is CC(=O)c1ccc2c(c1)CCN2Cc1cn2ccsc2n1. The quantitative estimate of drug-likeness (QED) is 0.697. The van der Waals surface area contributed by atoms with Crippen LogP contribution in [0.5, 0.6) is 0 Å². The zero-order chi connectivity index (χ0) is 14.4. The molecule has 0 unspecified atom stereocenters. The Balaban J connectivity index is 1.61. The predicted octanol–water partition coefficient (Wildman–Crippen LogP) is 3.16. The van der Waals surface area contributed by atoms with Gasteiger partial charge < -0.3 is 4.90 Å². The fraction of sp³-hybridized carbons (Fsp3) is 0.250. The molecular weight excluding hydrogens is 282 g/mol. The molecule has 3 heterocycles. The normalized spacial score (nSPS) is 13.9. The van der Waals surface area contributed by atoms with E-state index < -0.39 is 0 Å². The van der Waals surface area contributed by atoms with E-state index in [0.29, 0.717) is 0 Å². The molecule has 1 aliphatic heterocycles. The van der Waals surface area contributed by atoms with Gasteiger partial charge in [-0.3, -0.25) is 9.20 Å². The Morgan fingerprint density at radius 3 is 3.14 bits per heavy atom. The predicted molar refractivity (Wildman–Crippen MR) is 84.3 cm³/mol. The number of hydrogen-bond donors (Lipinski definition) is 0. The number of ketones is 1. The summed E-state index contributed by atoms with van der Waals surface area (Å²) >= 11 is 1.65. The minimum Gasteiger partial charge on any atom is -0.365 e. The standard InChI is InChI=1S/C16H15N3OS/c1-11(20)12-2-3-15-13(8-12)4-5-18(15)9-14-10-19-6-7-21-16(19)17-14/h2-3,6-8,10H,4-5,9H2,1H3. The third kappa shape index (κ3) is 2.14. The first-order valence-electron chi connectivity index (χ1n) is 7.00. The van der Waals surface area contributed by atoms with Crippen molar-refractivity contribution in [2.45, 2.75) is 19.9 Å². The van der Waals surface area contributed by atoms with E-state index in [4.69, 9.17) is 0 Å². The second-order valence-electron chi connectivity index (χ2n) is 5.40. The van der Waals surface area contributed by atoms with Crippen LogP contribution in [0.3, 0.4) is 0 Å². The van der Waals surface area contributed by atoms with Crippen LogP contribution in [0.25, 0.3) is 4.96 Å². The van der Waals surface area contributed by atoms with Crippen molar-refractivity contribution in [1.82, 2.24) is 9.38 Å². The van der Waals surface area contributed by atoms with Crippen molar-refractivity contribution in [1.29, 1.82) is 0 Å². The van der Waals surface area contributed by atoms with Gasteiger partial charge in [-0.1, -0.05) is 0 Å². The van der Waals surface area contributed by atoms with Crippen LogP contribution >= 0.6 is 11.3 Å². The van der Waals surface area contributed by atoms with Gasteiger partial charge >= 0.3 is 0 Å². The molecule has 5 heteroatoms. The number of rotatable bonds is 3. The average Bonchev–Trinajstić information content (AvgIpc) is 3.13. The minimum absolute atomic E-state index is 0.130. The minimum atomic E-state index is 0.130. The smallest absolute Gasteiger partial charge is 0.193 e. The molecule has 2 aromatic heterocycles. The number of carbonyl (C=O) groups excluding carboxylic acids is 1. The summed E-state index contributed by atoms with van der Waals surface area (Å²) in [6.45, 7) is 3.43. The fourth-order valence-electron chi connectivity index (χ4n) is 2.90. The summed E-state index contributed by atoms with van der Waals surface area (Å²) in [4.78, 5) is 19.5. The molecule has 0 atom stereocenters. The van der Waals surface area contributed by atoms with Crippen LogP contribution in [0, 0.1) is 0 Å². The second-order valence-corrected chi connectivity index (χ2v) is 6.27. The zero-order valence-electron chi connectivity index (χ0n) is 11.7. The van der Waals surface area contributed by atoms with Crippen LogP contribution in [0.2, 0.25) is 0 Å². The highest BCUT2D eigenvalue weighted by Gasteiger charge is 2.21. The number of carbonyl (C=O) groups is 1. The first kappa shape index (κ1) is 12.6. The molecular formula is C16H15N3OS. The first-order chi connectivity index (χ1) is 10.2. The number of thiazole rings is 1. The van der Waals surface area contributed by atoms with Gasteiger partial charge in [-0.2, -0.15) is 0 Å². The molecule has 0 N–H and O–H groups in total. The zero-order valence-corrected chi connectivity index (χ0v) is 12.6. The molecule has 4 rings (SSSR count). The van der Waals surface area contributed by atoms with Crippen LogP contribution in [-0.4, -0.2) is 21.7 Å². The van der Waals surface area contributed by atoms with Crippen LogP contribution in [0.15, 0.2) is 36.0 Å². The number of anilines is 1. The number of nitrogens with zero attached hydrogens (tertiary/aromatic N) is 3. The van der Waals surface area contributed by atoms with Crippen LogP contribution in [-0.2, 0) is 13.0 Å². The molecule has 0 bridgehead atoms. The van der Waals surface area contributed by atoms with Gasteiger partial charge in [0, 0.05) is 35.6 Å². The number of fused-ring (bicyclic) bond motifs is 2. The summed E-state index contributed by atoms with van der Waals surface area (Å²) in [5.74, 6) is 0.130. The molecule has 3 aromatic rings. The molecule has 21 heavy (non-hydrogen) atoms. The maximum Gasteiger partial charge on any atom is 0.193 e. The molecule has 0 aliphatic carbocycles. The Hall–Kier alpha value is -2.14. The molecule has 0 saturated carbocycles. The lowest BCUT2D eigenvalue weighted by atomic mass is 10.1. The highest BCUT2D eigenvalue weighted by atomic mass is 32.1. The van der Waals surface area contributed by atoms with Crippen molar-refractivity contribution in [2.24, 2.45) is 0 Å². The van der Waals surface area contributed by atoms with E-state index in [1.807, 2.05) is 23.7 Å². The lowest BCUT2D eigenvalue weighted by molar-refractivity contribution is 0.101. The molecule has 106 valence electrons. The van der Waals surface area contributed by atoms with Crippen LogP contribution < -0.4 is 4.90 Å². The molecule has 1 aromatic carbocycles. The fourth-order valence-corrected chi connectivity index (χ4v) is 3.62. The van der Waals surface area contributed by atoms with Gasteiger partial charge in [-0.15, -0.1) is 11.3 Å². The van der Waals surface area contributed by atoms with Crippen molar-refractivity contribution in [2.75, 3.05) is 11.4 Å². The number of benzene rings is 1. The highest BCUT2D eigenvalue weighted by molar-refractivity contribution is 7.15. The molecule has 0 spiro atoms. The van der Waals surface area contributed by atoms with Crippen molar-refractivity contribution in [3.05, 3.63) is 52.8 Å². The first-order valence-corrected chi connectivity index (χ1v) is 7.88. The maximum absolute atomic E-state index is 11.5. The Morgan fingerprint density at radius 1 is 1.43 bits per heavy atom. The van der Waals surface area contributed by atoms with Crippen molar-refractivity contribution >= 4 is 27.8 Å². The van der Waals surface area contributed by atoms with Gasteiger partial charge in [0.15, 0.2) is 10.7 Å². The summed E-state index contributed by atoms with van der Waals surface area (Å²) in [7, 11) is 0. The Morgan fingerprint density at radius 2 is 2.33 bits per heavy atom. The maximum atomic E-state index is 11.5. The summed E-state index contributed by atoms with van der Waals surface area (Å²) in [5.41, 5.74) is 4.39. The Bertz CT molecular complexity index is 805. The van der Waals surface area contributed by atoms with Gasteiger partial charge in [-0.05, 0) is 37.1 Å². The number of hydrogen-bond acceptors (Lipinski definition) is 4. The van der Waals surface area contributed by atoms with E-state index in [2.05, 4.69) is 26.5 Å². The van der Waals surface area contributed by atoms with Crippen LogP contribution in [0.1, 0.15) is 28.5 Å². The molecule has 0 amide bonds. The van der Waals surface area contributed by atoms with E-state index in [1.54, 1.807) is 18.3 Å². The van der Waals surface area contributed by atoms with Gasteiger partial charge in [0.05, 0.1) is 12.2 Å². The summed E-state index contributed by atoms with van der Waals surface area (Å²) in [6.07, 6.45) is 5.13. The Labute approximate surface area is 126 Å². The van der Waals surface area contributed by atoms with Crippen LogP contribution in [0.4, 0.5) is 5.69 Å².